The van der Waals surface area contributed by atoms with Crippen molar-refractivity contribution >= 4 is 40.7 Å². The maximum atomic E-state index is 13.9. The van der Waals surface area contributed by atoms with Crippen molar-refractivity contribution in [2.24, 2.45) is 11.8 Å². The molecule has 7 heteroatoms. The Hall–Kier alpha value is -3.61. The lowest BCUT2D eigenvalue weighted by molar-refractivity contribution is -0.127. The molecule has 0 aromatic heterocycles. The number of carbonyl (C=O) groups excluding carboxylic acids is 4. The number of nitrogens with zero attached hydrogens (tertiary/aromatic N) is 1. The first-order valence-electron chi connectivity index (χ1n) is 10.9. The molecule has 1 spiro atoms. The molecule has 0 radical (unpaired) electrons. The fourth-order valence-corrected chi connectivity index (χ4v) is 5.69. The van der Waals surface area contributed by atoms with Gasteiger partial charge in [-0.3, -0.25) is 19.2 Å². The van der Waals surface area contributed by atoms with Crippen molar-refractivity contribution in [1.29, 1.82) is 0 Å². The molecule has 3 atom stereocenters. The summed E-state index contributed by atoms with van der Waals surface area (Å²) < 4.78 is 6.26. The second kappa shape index (κ2) is 7.19. The Labute approximate surface area is 200 Å². The Bertz CT molecular complexity index is 1380. The predicted molar refractivity (Wildman–Crippen MR) is 124 cm³/mol. The molecule has 3 aromatic carbocycles. The summed E-state index contributed by atoms with van der Waals surface area (Å²) in [4.78, 5) is 56.3. The Morgan fingerprint density at radius 3 is 2.09 bits per heavy atom. The zero-order valence-corrected chi connectivity index (χ0v) is 18.8. The normalized spacial score (nSPS) is 24.8. The van der Waals surface area contributed by atoms with Crippen LogP contribution in [0.2, 0.25) is 5.02 Å². The van der Waals surface area contributed by atoms with Gasteiger partial charge in [-0.1, -0.05) is 72.3 Å². The summed E-state index contributed by atoms with van der Waals surface area (Å²) in [5.41, 5.74) is -0.0334. The monoisotopic (exact) mass is 471 g/mol. The number of carbonyl (C=O) groups is 4. The van der Waals surface area contributed by atoms with E-state index in [2.05, 4.69) is 0 Å². The molecule has 1 aliphatic carbocycles. The molecule has 168 valence electrons. The van der Waals surface area contributed by atoms with Gasteiger partial charge < -0.3 is 4.74 Å². The first kappa shape index (κ1) is 21.0. The molecular weight excluding hydrogens is 454 g/mol. The lowest BCUT2D eigenvalue weighted by Gasteiger charge is -2.27. The second-order valence-electron chi connectivity index (χ2n) is 8.83. The number of ketones is 2. The number of rotatable bonds is 2. The number of ether oxygens (including phenoxy) is 1. The van der Waals surface area contributed by atoms with Crippen molar-refractivity contribution in [2.45, 2.75) is 18.6 Å². The molecule has 0 N–H and O–H groups in total. The third-order valence-electron chi connectivity index (χ3n) is 7.06. The number of imide groups is 1. The van der Waals surface area contributed by atoms with E-state index in [4.69, 9.17) is 16.3 Å². The minimum absolute atomic E-state index is 0.206. The minimum Gasteiger partial charge on any atom is -0.349 e. The van der Waals surface area contributed by atoms with Gasteiger partial charge in [0.15, 0.2) is 0 Å². The summed E-state index contributed by atoms with van der Waals surface area (Å²) in [6, 6.07) is 20.3. The predicted octanol–water partition coefficient (Wildman–Crippen LogP) is 4.34. The van der Waals surface area contributed by atoms with E-state index < -0.39 is 46.9 Å². The van der Waals surface area contributed by atoms with Crippen LogP contribution in [0.15, 0.2) is 72.8 Å². The van der Waals surface area contributed by atoms with Gasteiger partial charge in [0.2, 0.25) is 29.0 Å². The number of hydrogen-bond acceptors (Lipinski definition) is 5. The topological polar surface area (TPSA) is 80.8 Å². The van der Waals surface area contributed by atoms with E-state index >= 15 is 0 Å². The van der Waals surface area contributed by atoms with E-state index in [1.165, 1.54) is 0 Å². The minimum atomic E-state index is -2.08. The van der Waals surface area contributed by atoms with Gasteiger partial charge in [-0.15, -0.1) is 0 Å². The smallest absolute Gasteiger partial charge is 0.241 e. The van der Waals surface area contributed by atoms with E-state index in [9.17, 15) is 19.2 Å². The number of amides is 2. The number of hydrogen-bond donors (Lipinski definition) is 0. The number of aryl methyl sites for hydroxylation is 1. The van der Waals surface area contributed by atoms with Crippen molar-refractivity contribution < 1.29 is 23.9 Å². The van der Waals surface area contributed by atoms with Gasteiger partial charge in [0.1, 0.15) is 0 Å². The second-order valence-corrected chi connectivity index (χ2v) is 9.27. The molecule has 2 saturated heterocycles. The lowest BCUT2D eigenvalue weighted by Crippen LogP contribution is -2.51. The number of anilines is 1. The molecule has 0 saturated carbocycles. The van der Waals surface area contributed by atoms with Crippen molar-refractivity contribution in [3.05, 3.63) is 100 Å². The van der Waals surface area contributed by atoms with Crippen LogP contribution in [-0.2, 0) is 14.3 Å². The molecule has 6 rings (SSSR count). The summed E-state index contributed by atoms with van der Waals surface area (Å²) in [5.74, 6) is -4.61. The van der Waals surface area contributed by atoms with Crippen molar-refractivity contribution in [3.8, 4) is 0 Å². The molecule has 3 aliphatic rings. The molecule has 2 heterocycles. The van der Waals surface area contributed by atoms with Crippen LogP contribution in [0.1, 0.15) is 37.9 Å². The van der Waals surface area contributed by atoms with Crippen molar-refractivity contribution in [3.63, 3.8) is 0 Å². The van der Waals surface area contributed by atoms with Gasteiger partial charge >= 0.3 is 0 Å². The fraction of sp³-hybridized carbons (Fsp3) is 0.185. The SMILES string of the molecule is Cc1ccc(Cl)cc1N1C(=O)[C@@H]2[C@@H](c3ccccc3)OC3(C(=O)c4ccccc4C3=O)[C@@H]2C1=O. The quantitative estimate of drug-likeness (QED) is 0.410. The molecule has 34 heavy (non-hydrogen) atoms. The number of Topliss-reactive ketones (excluding diaryl/α,β-unsaturated/α-hetero) is 2. The first-order valence-corrected chi connectivity index (χ1v) is 11.3. The zero-order valence-electron chi connectivity index (χ0n) is 18.0. The highest BCUT2D eigenvalue weighted by atomic mass is 35.5. The van der Waals surface area contributed by atoms with Crippen LogP contribution in [0.25, 0.3) is 0 Å². The van der Waals surface area contributed by atoms with Crippen LogP contribution >= 0.6 is 11.6 Å². The fourth-order valence-electron chi connectivity index (χ4n) is 5.52. The van der Waals surface area contributed by atoms with Crippen LogP contribution in [0.5, 0.6) is 0 Å². The van der Waals surface area contributed by atoms with E-state index in [1.54, 1.807) is 73.7 Å². The standard InChI is InChI=1S/C27H18ClNO5/c1-14-11-12-16(28)13-19(14)29-25(32)20-21(26(29)33)27(34-22(20)15-7-3-2-4-8-15)23(30)17-9-5-6-10-18(17)24(27)31/h2-13,20-22H,1H3/t20-,21-,22+/m0/s1. The molecule has 3 aromatic rings. The van der Waals surface area contributed by atoms with E-state index in [-0.39, 0.29) is 11.1 Å². The summed E-state index contributed by atoms with van der Waals surface area (Å²) in [7, 11) is 0. The third-order valence-corrected chi connectivity index (χ3v) is 7.29. The van der Waals surface area contributed by atoms with Crippen LogP contribution in [0, 0.1) is 18.8 Å². The van der Waals surface area contributed by atoms with Gasteiger partial charge in [0.05, 0.1) is 23.6 Å². The Morgan fingerprint density at radius 2 is 1.44 bits per heavy atom. The molecule has 0 unspecified atom stereocenters. The summed E-state index contributed by atoms with van der Waals surface area (Å²) >= 11 is 6.18. The highest BCUT2D eigenvalue weighted by Crippen LogP contribution is 2.57. The Balaban J connectivity index is 1.57. The van der Waals surface area contributed by atoms with Crippen LogP contribution in [-0.4, -0.2) is 29.0 Å². The molecule has 2 aliphatic heterocycles. The number of fused-ring (bicyclic) bond motifs is 3. The Morgan fingerprint density at radius 1 is 0.824 bits per heavy atom. The molecule has 2 amide bonds. The Kier molecular flexibility index (Phi) is 4.43. The summed E-state index contributed by atoms with van der Waals surface area (Å²) in [6.07, 6.45) is -0.936. The first-order chi connectivity index (χ1) is 16.4. The molecule has 2 fully saturated rings. The van der Waals surface area contributed by atoms with Crippen LogP contribution in [0.3, 0.4) is 0 Å². The average Bonchev–Trinajstić information content (AvgIpc) is 3.41. The molecule has 6 nitrogen and oxygen atoms in total. The van der Waals surface area contributed by atoms with E-state index in [1.807, 2.05) is 6.07 Å². The lowest BCUT2D eigenvalue weighted by atomic mass is 9.77. The summed E-state index contributed by atoms with van der Waals surface area (Å²) in [5, 5.41) is 0.365. The summed E-state index contributed by atoms with van der Waals surface area (Å²) in [6.45, 7) is 1.77. The van der Waals surface area contributed by atoms with Gasteiger partial charge in [-0.25, -0.2) is 4.90 Å². The maximum Gasteiger partial charge on any atom is 0.241 e. The van der Waals surface area contributed by atoms with E-state index in [0.29, 0.717) is 21.8 Å². The van der Waals surface area contributed by atoms with Crippen molar-refractivity contribution in [1.82, 2.24) is 0 Å². The molecular formula is C27H18ClNO5. The number of halogens is 1. The van der Waals surface area contributed by atoms with Gasteiger partial charge in [0.25, 0.3) is 0 Å². The van der Waals surface area contributed by atoms with Crippen LogP contribution in [0.4, 0.5) is 5.69 Å². The highest BCUT2D eigenvalue weighted by molar-refractivity contribution is 6.37. The van der Waals surface area contributed by atoms with Crippen LogP contribution < -0.4 is 4.90 Å². The van der Waals surface area contributed by atoms with Gasteiger partial charge in [0, 0.05) is 16.1 Å². The van der Waals surface area contributed by atoms with E-state index in [0.717, 1.165) is 4.90 Å². The largest absolute Gasteiger partial charge is 0.349 e. The van der Waals surface area contributed by atoms with Gasteiger partial charge in [-0.05, 0) is 30.2 Å². The number of benzene rings is 3. The van der Waals surface area contributed by atoms with Gasteiger partial charge in [-0.2, -0.15) is 0 Å². The highest BCUT2D eigenvalue weighted by Gasteiger charge is 2.74. The average molecular weight is 472 g/mol. The van der Waals surface area contributed by atoms with Crippen molar-refractivity contribution in [2.75, 3.05) is 4.90 Å². The zero-order chi connectivity index (χ0) is 23.8. The maximum absolute atomic E-state index is 13.9. The molecule has 0 bridgehead atoms. The third kappa shape index (κ3) is 2.55.